The fraction of sp³-hybridized carbons (Fsp3) is 0.216. The first-order chi connectivity index (χ1) is 24.9. The lowest BCUT2D eigenvalue weighted by Gasteiger charge is -2.18. The van der Waals surface area contributed by atoms with Crippen LogP contribution in [0.4, 0.5) is 8.78 Å². The molecular formula is C37H33ClF2N2O9S. The highest BCUT2D eigenvalue weighted by atomic mass is 35.5. The third kappa shape index (κ3) is 9.32. The molecular weight excluding hydrogens is 722 g/mol. The van der Waals surface area contributed by atoms with Gasteiger partial charge < -0.3 is 23.9 Å². The normalized spacial score (nSPS) is 11.9. The Kier molecular flexibility index (Phi) is 12.3. The van der Waals surface area contributed by atoms with Crippen molar-refractivity contribution in [2.45, 2.75) is 31.2 Å². The molecule has 1 aromatic heterocycles. The zero-order chi connectivity index (χ0) is 37.4. The van der Waals surface area contributed by atoms with E-state index in [2.05, 4.69) is 10.0 Å². The second kappa shape index (κ2) is 16.8. The predicted octanol–water partition coefficient (Wildman–Crippen LogP) is 5.73. The lowest BCUT2D eigenvalue weighted by Crippen LogP contribution is -2.49. The Hall–Kier alpha value is -5.31. The molecule has 1 heterocycles. The van der Waals surface area contributed by atoms with Crippen molar-refractivity contribution in [1.29, 1.82) is 0 Å². The minimum Gasteiger partial charge on any atom is -0.488 e. The minimum atomic E-state index is -4.10. The smallest absolute Gasteiger partial charge is 0.326 e. The van der Waals surface area contributed by atoms with Gasteiger partial charge in [-0.3, -0.25) is 14.4 Å². The van der Waals surface area contributed by atoms with Crippen LogP contribution in [0.1, 0.15) is 18.1 Å². The monoisotopic (exact) mass is 754 g/mol. The zero-order valence-corrected chi connectivity index (χ0v) is 29.5. The first kappa shape index (κ1) is 37.9. The summed E-state index contributed by atoms with van der Waals surface area (Å²) in [6.45, 7) is 2.77. The van der Waals surface area contributed by atoms with E-state index in [0.29, 0.717) is 5.56 Å². The molecule has 0 radical (unpaired) electrons. The maximum Gasteiger partial charge on any atom is 0.326 e. The van der Waals surface area contributed by atoms with Gasteiger partial charge in [-0.2, -0.15) is 4.72 Å². The first-order valence-corrected chi connectivity index (χ1v) is 17.8. The standard InChI is InChI=1S/C37H33ClF2N2O9S/c1-3-48-37(45)30(42-52(46,47)25-12-8-22(2)9-13-25)21-41-33(43)19-23-10-15-32(27(38)18-23)49-16-17-50-36-34(44)26-6-4-5-7-31(26)51-35(36)24-11-14-28(39)29(40)20-24/h4-15,18,20,30,42H,3,16-17,19,21H2,1-2H3,(H,41,43). The molecule has 0 aliphatic heterocycles. The molecule has 0 aliphatic rings. The number of halogens is 3. The summed E-state index contributed by atoms with van der Waals surface area (Å²) >= 11 is 6.41. The molecule has 5 aromatic rings. The largest absolute Gasteiger partial charge is 0.488 e. The van der Waals surface area contributed by atoms with Gasteiger partial charge in [0.25, 0.3) is 0 Å². The van der Waals surface area contributed by atoms with Gasteiger partial charge in [0, 0.05) is 12.1 Å². The topological polar surface area (TPSA) is 150 Å². The van der Waals surface area contributed by atoms with Crippen molar-refractivity contribution in [2.75, 3.05) is 26.4 Å². The third-order valence-corrected chi connectivity index (χ3v) is 9.37. The summed E-state index contributed by atoms with van der Waals surface area (Å²) < 4.78 is 78.1. The molecule has 0 saturated heterocycles. The molecule has 0 spiro atoms. The van der Waals surface area contributed by atoms with E-state index in [-0.39, 0.29) is 76.5 Å². The van der Waals surface area contributed by atoms with Crippen LogP contribution in [0, 0.1) is 18.6 Å². The van der Waals surface area contributed by atoms with Crippen LogP contribution < -0.4 is 24.9 Å². The summed E-state index contributed by atoms with van der Waals surface area (Å²) in [6, 6.07) is 18.8. The van der Waals surface area contributed by atoms with Gasteiger partial charge in [-0.05, 0) is 74.0 Å². The highest BCUT2D eigenvalue weighted by molar-refractivity contribution is 7.89. The van der Waals surface area contributed by atoms with Gasteiger partial charge >= 0.3 is 5.97 Å². The fourth-order valence-corrected chi connectivity index (χ4v) is 6.44. The molecule has 272 valence electrons. The number of esters is 1. The summed E-state index contributed by atoms with van der Waals surface area (Å²) in [5.41, 5.74) is 1.16. The van der Waals surface area contributed by atoms with Crippen molar-refractivity contribution >= 4 is 44.5 Å². The average molecular weight is 755 g/mol. The molecule has 0 saturated carbocycles. The number of fused-ring (bicyclic) bond motifs is 1. The van der Waals surface area contributed by atoms with Gasteiger partial charge in [0.05, 0.1) is 28.3 Å². The number of para-hydroxylation sites is 1. The second-order valence-corrected chi connectivity index (χ2v) is 13.5. The molecule has 15 heteroatoms. The van der Waals surface area contributed by atoms with E-state index >= 15 is 0 Å². The van der Waals surface area contributed by atoms with Gasteiger partial charge in [-0.15, -0.1) is 0 Å². The quantitative estimate of drug-likeness (QED) is 0.101. The van der Waals surface area contributed by atoms with E-state index in [0.717, 1.165) is 17.7 Å². The Bertz CT molecular complexity index is 2260. The number of sulfonamides is 1. The van der Waals surface area contributed by atoms with E-state index in [1.807, 2.05) is 0 Å². The maximum absolute atomic E-state index is 14.1. The highest BCUT2D eigenvalue weighted by Crippen LogP contribution is 2.32. The number of hydrogen-bond acceptors (Lipinski definition) is 9. The number of rotatable bonds is 15. The number of ether oxygens (including phenoxy) is 3. The maximum atomic E-state index is 14.1. The van der Waals surface area contributed by atoms with Crippen LogP contribution in [0.5, 0.6) is 11.5 Å². The van der Waals surface area contributed by atoms with Gasteiger partial charge in [0.15, 0.2) is 17.4 Å². The number of carbonyl (C=O) groups excluding carboxylic acids is 2. The van der Waals surface area contributed by atoms with Crippen molar-refractivity contribution in [2.24, 2.45) is 0 Å². The lowest BCUT2D eigenvalue weighted by molar-refractivity contribution is -0.145. The zero-order valence-electron chi connectivity index (χ0n) is 27.9. The minimum absolute atomic E-state index is 0.00573. The van der Waals surface area contributed by atoms with Gasteiger partial charge in [0.2, 0.25) is 27.1 Å². The molecule has 1 amide bonds. The molecule has 5 rings (SSSR count). The van der Waals surface area contributed by atoms with E-state index in [4.69, 9.17) is 30.2 Å². The average Bonchev–Trinajstić information content (AvgIpc) is 3.11. The molecule has 52 heavy (non-hydrogen) atoms. The number of aryl methyl sites for hydroxylation is 1. The van der Waals surface area contributed by atoms with E-state index in [1.54, 1.807) is 56.3 Å². The Morgan fingerprint density at radius 2 is 1.65 bits per heavy atom. The number of carbonyl (C=O) groups is 2. The van der Waals surface area contributed by atoms with Crippen LogP contribution in [0.3, 0.4) is 0 Å². The second-order valence-electron chi connectivity index (χ2n) is 11.4. The van der Waals surface area contributed by atoms with Gasteiger partial charge in [0.1, 0.15) is 30.6 Å². The van der Waals surface area contributed by atoms with Crippen LogP contribution >= 0.6 is 11.6 Å². The van der Waals surface area contributed by atoms with Crippen molar-refractivity contribution in [3.05, 3.63) is 123 Å². The fourth-order valence-electron chi connectivity index (χ4n) is 5.00. The van der Waals surface area contributed by atoms with Crippen molar-refractivity contribution in [3.8, 4) is 22.8 Å². The Labute approximate surface area is 302 Å². The molecule has 1 unspecified atom stereocenters. The van der Waals surface area contributed by atoms with Crippen LogP contribution in [0.15, 0.2) is 99.0 Å². The molecule has 11 nitrogen and oxygen atoms in total. The summed E-state index contributed by atoms with van der Waals surface area (Å²) in [6.07, 6.45) is -0.159. The van der Waals surface area contributed by atoms with Crippen molar-refractivity contribution < 1.29 is 45.4 Å². The van der Waals surface area contributed by atoms with E-state index < -0.39 is 45.0 Å². The van der Waals surface area contributed by atoms with Crippen LogP contribution in [0.2, 0.25) is 5.02 Å². The van der Waals surface area contributed by atoms with Gasteiger partial charge in [-0.1, -0.05) is 47.5 Å². The Morgan fingerprint density at radius 3 is 2.37 bits per heavy atom. The summed E-state index contributed by atoms with van der Waals surface area (Å²) in [4.78, 5) is 38.6. The van der Waals surface area contributed by atoms with Crippen molar-refractivity contribution in [1.82, 2.24) is 10.0 Å². The molecule has 1 atom stereocenters. The summed E-state index contributed by atoms with van der Waals surface area (Å²) in [5.74, 6) is -3.61. The summed E-state index contributed by atoms with van der Waals surface area (Å²) in [5, 5.41) is 2.94. The molecule has 4 aromatic carbocycles. The van der Waals surface area contributed by atoms with Gasteiger partial charge in [-0.25, -0.2) is 17.2 Å². The number of amides is 1. The van der Waals surface area contributed by atoms with Crippen LogP contribution in [0.25, 0.3) is 22.3 Å². The van der Waals surface area contributed by atoms with E-state index in [1.165, 1.54) is 30.3 Å². The predicted molar refractivity (Wildman–Crippen MR) is 189 cm³/mol. The molecule has 0 fully saturated rings. The Balaban J connectivity index is 1.19. The summed E-state index contributed by atoms with van der Waals surface area (Å²) in [7, 11) is -4.10. The highest BCUT2D eigenvalue weighted by Gasteiger charge is 2.27. The molecule has 0 bridgehead atoms. The SMILES string of the molecule is CCOC(=O)C(CNC(=O)Cc1ccc(OCCOc2c(-c3ccc(F)c(F)c3)oc3ccccc3c2=O)c(Cl)c1)NS(=O)(=O)c1ccc(C)cc1. The van der Waals surface area contributed by atoms with Crippen molar-refractivity contribution in [3.63, 3.8) is 0 Å². The first-order valence-electron chi connectivity index (χ1n) is 15.9. The van der Waals surface area contributed by atoms with E-state index in [9.17, 15) is 31.6 Å². The third-order valence-electron chi connectivity index (χ3n) is 7.59. The molecule has 0 aliphatic carbocycles. The molecule has 2 N–H and O–H groups in total. The van der Waals surface area contributed by atoms with Crippen LogP contribution in [-0.2, 0) is 30.8 Å². The number of hydrogen-bond donors (Lipinski definition) is 2. The van der Waals surface area contributed by atoms with Crippen LogP contribution in [-0.4, -0.2) is 52.7 Å². The Morgan fingerprint density at radius 1 is 0.923 bits per heavy atom. The lowest BCUT2D eigenvalue weighted by atomic mass is 10.1. The number of benzene rings is 4. The number of nitrogens with one attached hydrogen (secondary N) is 2.